The Morgan fingerprint density at radius 3 is 0.491 bits per heavy atom. The van der Waals surface area contributed by atoms with Crippen LogP contribution < -0.4 is 27.4 Å². The average molecular weight is 823 g/mol. The lowest BCUT2D eigenvalue weighted by molar-refractivity contribution is 0.421. The van der Waals surface area contributed by atoms with Gasteiger partial charge < -0.3 is 27.4 Å². The fourth-order valence-corrected chi connectivity index (χ4v) is 80.4. The number of nitrogens with zero attached hydrogens (tertiary/aromatic N) is 6. The summed E-state index contributed by atoms with van der Waals surface area (Å²) < 4.78 is 19.3. The lowest BCUT2D eigenvalue weighted by Gasteiger charge is -2.45. The van der Waals surface area contributed by atoms with E-state index in [0.717, 1.165) is 39.3 Å². The van der Waals surface area contributed by atoms with Gasteiger partial charge in [-0.25, -0.2) is 0 Å². The van der Waals surface area contributed by atoms with Gasteiger partial charge in [0.05, 0.1) is 34.1 Å². The molecule has 0 radical (unpaired) electrons. The zero-order valence-electron chi connectivity index (χ0n) is 39.4. The molecule has 0 atom stereocenters. The summed E-state index contributed by atoms with van der Waals surface area (Å²) in [5, 5.41) is 0. The predicted octanol–water partition coefficient (Wildman–Crippen LogP) is 11.8. The Morgan fingerprint density at radius 2 is 0.386 bits per heavy atom. The maximum absolute atomic E-state index is 3.22. The molecule has 3 spiro atoms. The second-order valence-electron chi connectivity index (χ2n) is 25.4. The highest BCUT2D eigenvalue weighted by atomic mass is 30.2. The van der Waals surface area contributed by atoms with Gasteiger partial charge in [0.2, 0.25) is 0 Å². The highest BCUT2D eigenvalue weighted by molar-refractivity contribution is 8.17. The van der Waals surface area contributed by atoms with E-state index in [2.05, 4.69) is 225 Å². The van der Waals surface area contributed by atoms with Crippen molar-refractivity contribution in [1.29, 1.82) is 0 Å². The van der Waals surface area contributed by atoms with Crippen LogP contribution in [0, 0.1) is 32.5 Å². The molecule has 0 unspecified atom stereocenters. The van der Waals surface area contributed by atoms with E-state index in [-0.39, 0.29) is 32.5 Å². The van der Waals surface area contributed by atoms with Crippen molar-refractivity contribution in [2.45, 2.75) is 125 Å². The highest BCUT2D eigenvalue weighted by Gasteiger charge is 3.12. The second kappa shape index (κ2) is 13.1. The number of benzene rings is 3. The van der Waals surface area contributed by atoms with Gasteiger partial charge in [0.25, 0.3) is 0 Å². The summed E-state index contributed by atoms with van der Waals surface area (Å²) in [6, 6.07) is 29.2. The minimum absolute atomic E-state index is 0.0863. The van der Waals surface area contributed by atoms with E-state index >= 15 is 0 Å². The first kappa shape index (κ1) is 42.2. The van der Waals surface area contributed by atoms with Crippen molar-refractivity contribution < 1.29 is 0 Å². The summed E-state index contributed by atoms with van der Waals surface area (Å²) in [6.45, 7) is 51.3. The first-order valence-corrected chi connectivity index (χ1v) is 30.6. The van der Waals surface area contributed by atoms with Gasteiger partial charge in [-0.2, -0.15) is 0 Å². The van der Waals surface area contributed by atoms with E-state index in [9.17, 15) is 0 Å². The Morgan fingerprint density at radius 1 is 0.263 bits per heavy atom. The van der Waals surface area contributed by atoms with E-state index in [1.165, 1.54) is 34.1 Å². The van der Waals surface area contributed by atoms with E-state index in [1.54, 1.807) is 0 Å². The van der Waals surface area contributed by atoms with Crippen molar-refractivity contribution in [3.8, 4) is 0 Å². The number of hydrogen-bond acceptors (Lipinski definition) is 6. The number of rotatable bonds is 6. The van der Waals surface area contributed by atoms with Crippen molar-refractivity contribution in [2.24, 2.45) is 32.5 Å². The molecule has 3 aromatic rings. The minimum Gasteiger partial charge on any atom is -0.378 e. The van der Waals surface area contributed by atoms with E-state index in [1.807, 2.05) is 0 Å². The average Bonchev–Trinajstić information content (AvgIpc) is 3.21. The van der Waals surface area contributed by atoms with Crippen LogP contribution in [0.25, 0.3) is 0 Å². The number of hydrogen-bond donors (Lipinski definition) is 0. The van der Waals surface area contributed by atoms with Crippen molar-refractivity contribution in [2.75, 3.05) is 66.7 Å². The van der Waals surface area contributed by atoms with Gasteiger partial charge in [-0.1, -0.05) is 161 Å². The first-order valence-electron chi connectivity index (χ1n) is 21.9. The van der Waals surface area contributed by atoms with Crippen LogP contribution in [0.3, 0.4) is 0 Å². The maximum atomic E-state index is 3.22. The van der Waals surface area contributed by atoms with Gasteiger partial charge in [0.1, 0.15) is 0 Å². The molecule has 0 N–H and O–H groups in total. The Kier molecular flexibility index (Phi) is 9.67. The van der Waals surface area contributed by atoms with Crippen LogP contribution >= 0.6 is 0 Å². The Bertz CT molecular complexity index is 1620. The molecule has 4 aliphatic heterocycles. The monoisotopic (exact) mass is 823 g/mol. The van der Waals surface area contributed by atoms with Crippen LogP contribution in [0.5, 0.6) is 0 Å². The molecule has 4 aliphatic rings. The quantitative estimate of drug-likeness (QED) is 0.229. The lowest BCUT2D eigenvalue weighted by Crippen LogP contribution is -2.72. The molecule has 0 aromatic heterocycles. The molecule has 4 heterocycles. The van der Waals surface area contributed by atoms with Gasteiger partial charge in [-0.3, -0.25) is 0 Å². The van der Waals surface area contributed by atoms with E-state index in [0.29, 0.717) is 0 Å². The number of anilines is 6. The molecule has 3 aromatic carbocycles. The normalized spacial score (nSPS) is 19.7. The third-order valence-corrected chi connectivity index (χ3v) is 54.2. The summed E-state index contributed by atoms with van der Waals surface area (Å²) in [6.07, 6.45) is 0. The summed E-state index contributed by atoms with van der Waals surface area (Å²) in [4.78, 5) is 0. The third-order valence-electron chi connectivity index (χ3n) is 11.9. The number of fused-ring (bicyclic) bond motifs is 6. The molecule has 0 amide bonds. The van der Waals surface area contributed by atoms with Crippen LogP contribution in [-0.2, 0) is 0 Å². The van der Waals surface area contributed by atoms with Crippen molar-refractivity contribution in [1.82, 2.24) is 0 Å². The molecule has 57 heavy (non-hydrogen) atoms. The molecule has 1 fully saturated rings. The smallest absolute Gasteiger partial charge is 0.332 e. The predicted molar refractivity (Wildman–Crippen MR) is 257 cm³/mol. The van der Waals surface area contributed by atoms with Crippen LogP contribution in [0.2, 0.25) is 0 Å². The van der Waals surface area contributed by atoms with E-state index < -0.39 is 22.3 Å². The van der Waals surface area contributed by atoms with Gasteiger partial charge in [0.15, 0.2) is 0 Å². The minimum atomic E-state index is -2.91. The SMILES string of the molecule is CC(C)(C)CN1c2ccccc2N(CC(C)(C)C)[Si]12[Si]1(N(CC(C)(C)C)c3ccccc3N1CC(C)(C)C)[Si]21N(CC(C)(C)C)c2ccccc2N1CC(C)(C)C. The summed E-state index contributed by atoms with van der Waals surface area (Å²) in [7, 11) is -8.72. The molecule has 312 valence electrons. The molecule has 6 nitrogen and oxygen atoms in total. The van der Waals surface area contributed by atoms with Crippen LogP contribution in [-0.4, -0.2) is 61.6 Å². The fourth-order valence-electron chi connectivity index (χ4n) is 11.0. The second-order valence-corrected chi connectivity index (χ2v) is 49.7. The molecule has 7 rings (SSSR count). The van der Waals surface area contributed by atoms with Crippen LogP contribution in [0.4, 0.5) is 34.1 Å². The molecular weight excluding hydrogens is 745 g/mol. The standard InChI is InChI=1S/C48H78N6Si3/c1-43(2,3)31-49-37-25-19-20-26-38(37)50(32-44(4,5)6)55(49)56(51(33-45(7,8)9)39-27-21-22-28-40(39)52(56)34-46(10,11)12)57(55)53(35-47(13,14)15)41-29-23-24-30-42(41)54(57)36-48(16,17)18/h19-30H,31-36H2,1-18H3. The Hall–Kier alpha value is -2.89. The van der Waals surface area contributed by atoms with E-state index in [4.69, 9.17) is 0 Å². The third kappa shape index (κ3) is 6.59. The topological polar surface area (TPSA) is 19.4 Å². The lowest BCUT2D eigenvalue weighted by atomic mass is 9.96. The van der Waals surface area contributed by atoms with Gasteiger partial charge >= 0.3 is 22.3 Å². The highest BCUT2D eigenvalue weighted by Crippen LogP contribution is 2.74. The molecule has 0 bridgehead atoms. The van der Waals surface area contributed by atoms with Crippen molar-refractivity contribution >= 4 is 56.4 Å². The van der Waals surface area contributed by atoms with Crippen LogP contribution in [0.1, 0.15) is 125 Å². The Balaban J connectivity index is 1.76. The molecular formula is C48H78N6Si3. The fraction of sp³-hybridized carbons (Fsp3) is 0.625. The molecule has 0 saturated carbocycles. The molecule has 9 heteroatoms. The van der Waals surface area contributed by atoms with Gasteiger partial charge in [-0.15, -0.1) is 0 Å². The molecule has 1 saturated heterocycles. The molecule has 0 aliphatic carbocycles. The largest absolute Gasteiger partial charge is 0.378 e. The number of para-hydroxylation sites is 6. The van der Waals surface area contributed by atoms with Crippen molar-refractivity contribution in [3.05, 3.63) is 72.8 Å². The van der Waals surface area contributed by atoms with Gasteiger partial charge in [-0.05, 0) is 68.9 Å². The zero-order valence-corrected chi connectivity index (χ0v) is 42.4. The Labute approximate surface area is 351 Å². The van der Waals surface area contributed by atoms with Crippen molar-refractivity contribution in [3.63, 3.8) is 0 Å². The first-order chi connectivity index (χ1) is 26.0. The summed E-state index contributed by atoms with van der Waals surface area (Å²) >= 11 is 0. The summed E-state index contributed by atoms with van der Waals surface area (Å²) in [5.74, 6) is 0. The zero-order chi connectivity index (χ0) is 42.2. The van der Waals surface area contributed by atoms with Gasteiger partial charge in [0, 0.05) is 39.3 Å². The summed E-state index contributed by atoms with van der Waals surface area (Å²) in [5.41, 5.74) is 9.46. The van der Waals surface area contributed by atoms with Crippen LogP contribution in [0.15, 0.2) is 72.8 Å². The maximum Gasteiger partial charge on any atom is 0.332 e.